The Labute approximate surface area is 70.1 Å². The summed E-state index contributed by atoms with van der Waals surface area (Å²) in [6.45, 7) is 1.98. The second-order valence-electron chi connectivity index (χ2n) is 2.83. The van der Waals surface area contributed by atoms with Crippen LogP contribution >= 0.6 is 0 Å². The fourth-order valence-electron chi connectivity index (χ4n) is 1.45. The zero-order valence-corrected chi connectivity index (χ0v) is 6.73. The predicted molar refractivity (Wildman–Crippen MR) is 39.4 cm³/mol. The van der Waals surface area contributed by atoms with E-state index in [-0.39, 0.29) is 18.3 Å². The van der Waals surface area contributed by atoms with E-state index in [1.807, 2.05) is 6.92 Å². The number of carbonyl (C=O) groups is 1. The molecule has 4 nitrogen and oxygen atoms in total. The summed E-state index contributed by atoms with van der Waals surface area (Å²) in [4.78, 5) is 10.7. The number of ether oxygens (including phenoxy) is 3. The van der Waals surface area contributed by atoms with Gasteiger partial charge >= 0.3 is 6.16 Å². The molecular weight excluding hydrogens is 160 g/mol. The fraction of sp³-hybridized carbons (Fsp3) is 0.625. The van der Waals surface area contributed by atoms with Crippen LogP contribution in [0.25, 0.3) is 0 Å². The lowest BCUT2D eigenvalue weighted by atomic mass is 10.0. The summed E-state index contributed by atoms with van der Waals surface area (Å²) in [7, 11) is 0. The zero-order valence-electron chi connectivity index (χ0n) is 6.73. The van der Waals surface area contributed by atoms with Crippen molar-refractivity contribution in [1.29, 1.82) is 0 Å². The van der Waals surface area contributed by atoms with Crippen LogP contribution in [0.4, 0.5) is 4.79 Å². The first-order chi connectivity index (χ1) is 5.81. The molecule has 0 aromatic rings. The maximum Gasteiger partial charge on any atom is 0.509 e. The van der Waals surface area contributed by atoms with Gasteiger partial charge in [0.05, 0.1) is 6.26 Å². The molecule has 2 aliphatic heterocycles. The van der Waals surface area contributed by atoms with Crippen molar-refractivity contribution < 1.29 is 19.0 Å². The number of rotatable bonds is 1. The molecule has 0 amide bonds. The minimum absolute atomic E-state index is 0.0635. The van der Waals surface area contributed by atoms with Crippen LogP contribution in [-0.4, -0.2) is 24.5 Å². The zero-order chi connectivity index (χ0) is 8.55. The molecule has 3 atom stereocenters. The summed E-state index contributed by atoms with van der Waals surface area (Å²) >= 11 is 0. The lowest BCUT2D eigenvalue weighted by Crippen LogP contribution is -2.37. The molecule has 1 saturated heterocycles. The molecule has 2 aliphatic rings. The van der Waals surface area contributed by atoms with Crippen LogP contribution in [0, 0.1) is 0 Å². The Hall–Kier alpha value is -1.19. The summed E-state index contributed by atoms with van der Waals surface area (Å²) in [5.41, 5.74) is 0. The SMILES string of the molecule is CCC1OC=CC2OC(=O)O[C@H]21. The Kier molecular flexibility index (Phi) is 1.67. The van der Waals surface area contributed by atoms with Crippen LogP contribution < -0.4 is 0 Å². The van der Waals surface area contributed by atoms with Crippen molar-refractivity contribution in [3.05, 3.63) is 12.3 Å². The second kappa shape index (κ2) is 2.69. The molecule has 1 fully saturated rings. The van der Waals surface area contributed by atoms with Crippen LogP contribution in [0.5, 0.6) is 0 Å². The average Bonchev–Trinajstić information content (AvgIpc) is 2.44. The normalized spacial score (nSPS) is 38.1. The van der Waals surface area contributed by atoms with E-state index < -0.39 is 6.16 Å². The van der Waals surface area contributed by atoms with E-state index in [0.29, 0.717) is 0 Å². The topological polar surface area (TPSA) is 44.8 Å². The summed E-state index contributed by atoms with van der Waals surface area (Å²) in [5.74, 6) is 0. The average molecular weight is 170 g/mol. The molecule has 66 valence electrons. The first-order valence-corrected chi connectivity index (χ1v) is 4.00. The maximum absolute atomic E-state index is 10.7. The molecule has 0 aromatic heterocycles. The van der Waals surface area contributed by atoms with Gasteiger partial charge in [0, 0.05) is 0 Å². The van der Waals surface area contributed by atoms with Gasteiger partial charge in [0.15, 0.2) is 12.2 Å². The van der Waals surface area contributed by atoms with Gasteiger partial charge < -0.3 is 14.2 Å². The van der Waals surface area contributed by atoms with Gasteiger partial charge in [-0.05, 0) is 12.5 Å². The van der Waals surface area contributed by atoms with Crippen molar-refractivity contribution in [2.45, 2.75) is 31.7 Å². The molecule has 2 heterocycles. The van der Waals surface area contributed by atoms with E-state index in [1.54, 1.807) is 12.3 Å². The highest BCUT2D eigenvalue weighted by molar-refractivity contribution is 5.63. The van der Waals surface area contributed by atoms with Crippen molar-refractivity contribution in [2.75, 3.05) is 0 Å². The molecule has 0 bridgehead atoms. The number of hydrogen-bond acceptors (Lipinski definition) is 4. The van der Waals surface area contributed by atoms with Crippen LogP contribution in [0.15, 0.2) is 12.3 Å². The van der Waals surface area contributed by atoms with Crippen molar-refractivity contribution in [1.82, 2.24) is 0 Å². The second-order valence-corrected chi connectivity index (χ2v) is 2.83. The van der Waals surface area contributed by atoms with Crippen LogP contribution in [-0.2, 0) is 14.2 Å². The monoisotopic (exact) mass is 170 g/mol. The predicted octanol–water partition coefficient (Wildman–Crippen LogP) is 1.21. The molecule has 12 heavy (non-hydrogen) atoms. The Bertz CT molecular complexity index is 223. The largest absolute Gasteiger partial charge is 0.509 e. The first-order valence-electron chi connectivity index (χ1n) is 4.00. The molecule has 4 heteroatoms. The van der Waals surface area contributed by atoms with Crippen molar-refractivity contribution in [3.8, 4) is 0 Å². The lowest BCUT2D eigenvalue weighted by Gasteiger charge is -2.25. The van der Waals surface area contributed by atoms with E-state index in [0.717, 1.165) is 6.42 Å². The number of carbonyl (C=O) groups excluding carboxylic acids is 1. The molecule has 2 rings (SSSR count). The van der Waals surface area contributed by atoms with Gasteiger partial charge in [0.25, 0.3) is 0 Å². The van der Waals surface area contributed by atoms with Gasteiger partial charge in [-0.2, -0.15) is 0 Å². The Morgan fingerprint density at radius 1 is 1.50 bits per heavy atom. The number of hydrogen-bond donors (Lipinski definition) is 0. The van der Waals surface area contributed by atoms with E-state index >= 15 is 0 Å². The Morgan fingerprint density at radius 2 is 2.33 bits per heavy atom. The highest BCUT2D eigenvalue weighted by Crippen LogP contribution is 2.26. The Balaban J connectivity index is 2.15. The minimum atomic E-state index is -0.599. The third-order valence-electron chi connectivity index (χ3n) is 2.08. The highest BCUT2D eigenvalue weighted by atomic mass is 16.8. The Morgan fingerprint density at radius 3 is 3.08 bits per heavy atom. The van der Waals surface area contributed by atoms with Gasteiger partial charge in [-0.3, -0.25) is 0 Å². The summed E-state index contributed by atoms with van der Waals surface area (Å²) in [6.07, 6.45) is 2.90. The van der Waals surface area contributed by atoms with Crippen molar-refractivity contribution in [3.63, 3.8) is 0 Å². The van der Waals surface area contributed by atoms with E-state index in [9.17, 15) is 4.79 Å². The van der Waals surface area contributed by atoms with E-state index in [2.05, 4.69) is 0 Å². The molecule has 0 radical (unpaired) electrons. The van der Waals surface area contributed by atoms with Gasteiger partial charge in [0.2, 0.25) is 0 Å². The maximum atomic E-state index is 10.7. The minimum Gasteiger partial charge on any atom is -0.494 e. The van der Waals surface area contributed by atoms with Crippen LogP contribution in [0.2, 0.25) is 0 Å². The van der Waals surface area contributed by atoms with Gasteiger partial charge in [-0.1, -0.05) is 6.92 Å². The lowest BCUT2D eigenvalue weighted by molar-refractivity contribution is -0.00336. The van der Waals surface area contributed by atoms with E-state index in [1.165, 1.54) is 0 Å². The van der Waals surface area contributed by atoms with Crippen LogP contribution in [0.1, 0.15) is 13.3 Å². The molecule has 0 saturated carbocycles. The third kappa shape index (κ3) is 1.03. The molecule has 2 unspecified atom stereocenters. The van der Waals surface area contributed by atoms with Crippen LogP contribution in [0.3, 0.4) is 0 Å². The summed E-state index contributed by atoms with van der Waals surface area (Å²) in [6, 6.07) is 0. The highest BCUT2D eigenvalue weighted by Gasteiger charge is 2.42. The number of fused-ring (bicyclic) bond motifs is 1. The van der Waals surface area contributed by atoms with Gasteiger partial charge in [-0.15, -0.1) is 0 Å². The van der Waals surface area contributed by atoms with Crippen molar-refractivity contribution in [2.24, 2.45) is 0 Å². The standard InChI is InChI=1S/C8H10O4/c1-2-5-7-6(3-4-10-5)11-8(9)12-7/h3-7H,2H2,1H3/t5?,6?,7-/m0/s1. The fourth-order valence-corrected chi connectivity index (χ4v) is 1.45. The van der Waals surface area contributed by atoms with Crippen molar-refractivity contribution >= 4 is 6.16 Å². The molecule has 0 aliphatic carbocycles. The van der Waals surface area contributed by atoms with Gasteiger partial charge in [0.1, 0.15) is 6.10 Å². The van der Waals surface area contributed by atoms with Gasteiger partial charge in [-0.25, -0.2) is 4.79 Å². The van der Waals surface area contributed by atoms with E-state index in [4.69, 9.17) is 14.2 Å². The molecular formula is C8H10O4. The third-order valence-corrected chi connectivity index (χ3v) is 2.08. The quantitative estimate of drug-likeness (QED) is 0.555. The molecule has 0 spiro atoms. The summed E-state index contributed by atoms with van der Waals surface area (Å²) in [5, 5.41) is 0. The molecule has 0 N–H and O–H groups in total. The smallest absolute Gasteiger partial charge is 0.494 e. The first kappa shape index (κ1) is 7.46. The summed E-state index contributed by atoms with van der Waals surface area (Å²) < 4.78 is 15.1. The molecule has 0 aromatic carbocycles.